The molecule has 0 amide bonds. The lowest BCUT2D eigenvalue weighted by Crippen LogP contribution is -2.27. The first kappa shape index (κ1) is 28.4. The van der Waals surface area contributed by atoms with Gasteiger partial charge in [0.25, 0.3) is 0 Å². The van der Waals surface area contributed by atoms with Gasteiger partial charge in [0, 0.05) is 13.0 Å². The van der Waals surface area contributed by atoms with Crippen molar-refractivity contribution in [1.82, 2.24) is 0 Å². The van der Waals surface area contributed by atoms with E-state index < -0.39 is 5.97 Å². The lowest BCUT2D eigenvalue weighted by Gasteiger charge is -2.19. The minimum atomic E-state index is -0.779. The van der Waals surface area contributed by atoms with Crippen LogP contribution in [0.25, 0.3) is 0 Å². The molecule has 0 aliphatic carbocycles. The van der Waals surface area contributed by atoms with Gasteiger partial charge < -0.3 is 19.7 Å². The van der Waals surface area contributed by atoms with Crippen molar-refractivity contribution in [3.8, 4) is 0 Å². The number of aliphatic carboxylic acids is 1. The van der Waals surface area contributed by atoms with Gasteiger partial charge in [0.05, 0.1) is 19.3 Å². The average Bonchev–Trinajstić information content (AvgIpc) is 2.70. The van der Waals surface area contributed by atoms with Crippen molar-refractivity contribution in [2.75, 3.05) is 19.8 Å². The van der Waals surface area contributed by atoms with E-state index in [0.717, 1.165) is 6.42 Å². The maximum Gasteiger partial charge on any atom is 0.303 e. The summed E-state index contributed by atoms with van der Waals surface area (Å²) in [5.74, 6) is -0.779. The Morgan fingerprint density at radius 2 is 1.34 bits per heavy atom. The van der Waals surface area contributed by atoms with Crippen LogP contribution in [0.1, 0.15) is 117 Å². The van der Waals surface area contributed by atoms with E-state index in [1.165, 1.54) is 77.0 Å². The fourth-order valence-electron chi connectivity index (χ4n) is 3.41. The number of hydrogen-bond donors (Lipinski definition) is 2. The van der Waals surface area contributed by atoms with Crippen LogP contribution < -0.4 is 0 Å². The molecule has 0 aromatic carbocycles. The highest BCUT2D eigenvalue weighted by atomic mass is 16.5. The van der Waals surface area contributed by atoms with E-state index in [9.17, 15) is 9.90 Å². The first-order chi connectivity index (χ1) is 14.1. The molecule has 0 bridgehead atoms. The van der Waals surface area contributed by atoms with Crippen molar-refractivity contribution in [3.05, 3.63) is 0 Å². The Kier molecular flexibility index (Phi) is 21.6. The van der Waals surface area contributed by atoms with Crippen LogP contribution in [0.15, 0.2) is 0 Å². The number of carboxylic acids is 1. The summed E-state index contributed by atoms with van der Waals surface area (Å²) in [5, 5.41) is 18.0. The summed E-state index contributed by atoms with van der Waals surface area (Å²) in [6, 6.07) is 0. The predicted molar refractivity (Wildman–Crippen MR) is 119 cm³/mol. The molecule has 29 heavy (non-hydrogen) atoms. The minimum absolute atomic E-state index is 0.0652. The molecule has 0 fully saturated rings. The molecule has 5 nitrogen and oxygen atoms in total. The SMILES string of the molecule is CCCCCCCCCCCCCCC(C)OCC(CO)OCCCCC(=O)O. The van der Waals surface area contributed by atoms with Crippen LogP contribution in [0.2, 0.25) is 0 Å². The molecule has 0 saturated heterocycles. The van der Waals surface area contributed by atoms with Crippen LogP contribution in [0.4, 0.5) is 0 Å². The van der Waals surface area contributed by atoms with Gasteiger partial charge in [-0.2, -0.15) is 0 Å². The molecule has 174 valence electrons. The van der Waals surface area contributed by atoms with Crippen molar-refractivity contribution in [3.63, 3.8) is 0 Å². The zero-order chi connectivity index (χ0) is 21.6. The largest absolute Gasteiger partial charge is 0.481 e. The number of ether oxygens (including phenoxy) is 2. The first-order valence-corrected chi connectivity index (χ1v) is 12.2. The van der Waals surface area contributed by atoms with E-state index in [1.54, 1.807) is 0 Å². The van der Waals surface area contributed by atoms with Crippen molar-refractivity contribution >= 4 is 5.97 Å². The molecular weight excluding hydrogens is 368 g/mol. The predicted octanol–water partition coefficient (Wildman–Crippen LogP) is 6.12. The molecule has 0 aliphatic heterocycles. The molecule has 0 radical (unpaired) electrons. The molecule has 2 unspecified atom stereocenters. The van der Waals surface area contributed by atoms with E-state index in [4.69, 9.17) is 14.6 Å². The topological polar surface area (TPSA) is 76.0 Å². The zero-order valence-electron chi connectivity index (χ0n) is 19.2. The van der Waals surface area contributed by atoms with Crippen LogP contribution in [-0.2, 0) is 14.3 Å². The smallest absolute Gasteiger partial charge is 0.303 e. The highest BCUT2D eigenvalue weighted by molar-refractivity contribution is 5.66. The summed E-state index contributed by atoms with van der Waals surface area (Å²) >= 11 is 0. The lowest BCUT2D eigenvalue weighted by atomic mass is 10.0. The maximum absolute atomic E-state index is 10.5. The van der Waals surface area contributed by atoms with Gasteiger partial charge in [0.15, 0.2) is 0 Å². The van der Waals surface area contributed by atoms with Crippen LogP contribution in [0.5, 0.6) is 0 Å². The minimum Gasteiger partial charge on any atom is -0.481 e. The third kappa shape index (κ3) is 21.9. The monoisotopic (exact) mass is 416 g/mol. The summed E-state index contributed by atoms with van der Waals surface area (Å²) in [5.41, 5.74) is 0. The summed E-state index contributed by atoms with van der Waals surface area (Å²) in [6.45, 7) is 5.15. The summed E-state index contributed by atoms with van der Waals surface area (Å²) in [4.78, 5) is 10.5. The van der Waals surface area contributed by atoms with Gasteiger partial charge in [-0.3, -0.25) is 4.79 Å². The molecule has 0 rings (SSSR count). The number of carboxylic acid groups (broad SMARTS) is 1. The van der Waals surface area contributed by atoms with Gasteiger partial charge in [-0.05, 0) is 26.2 Å². The maximum atomic E-state index is 10.5. The number of carbonyl (C=O) groups is 1. The molecule has 0 aliphatic rings. The molecule has 2 N–H and O–H groups in total. The Hall–Kier alpha value is -0.650. The number of aliphatic hydroxyl groups excluding tert-OH is 1. The number of rotatable bonds is 23. The Bertz CT molecular complexity index is 348. The number of aliphatic hydroxyl groups is 1. The second kappa shape index (κ2) is 22.0. The summed E-state index contributed by atoms with van der Waals surface area (Å²) in [7, 11) is 0. The van der Waals surface area contributed by atoms with Gasteiger partial charge in [-0.25, -0.2) is 0 Å². The summed E-state index contributed by atoms with van der Waals surface area (Å²) in [6.07, 6.45) is 18.7. The van der Waals surface area contributed by atoms with Gasteiger partial charge in [-0.1, -0.05) is 84.0 Å². The second-order valence-corrected chi connectivity index (χ2v) is 8.35. The summed E-state index contributed by atoms with van der Waals surface area (Å²) < 4.78 is 11.4. The standard InChI is InChI=1S/C24H48O5/c1-3-4-5-6-7-8-9-10-11-12-13-14-17-22(2)29-21-23(20-25)28-19-16-15-18-24(26)27/h22-23,25H,3-21H2,1-2H3,(H,26,27). The fraction of sp³-hybridized carbons (Fsp3) is 0.958. The fourth-order valence-corrected chi connectivity index (χ4v) is 3.41. The van der Waals surface area contributed by atoms with Crippen LogP contribution >= 0.6 is 0 Å². The Labute approximate surface area is 179 Å². The van der Waals surface area contributed by atoms with Crippen LogP contribution in [0.3, 0.4) is 0 Å². The number of hydrogen-bond acceptors (Lipinski definition) is 4. The molecule has 0 aromatic heterocycles. The molecule has 0 aromatic rings. The zero-order valence-corrected chi connectivity index (χ0v) is 19.2. The molecule has 5 heteroatoms. The van der Waals surface area contributed by atoms with Gasteiger partial charge in [0.1, 0.15) is 6.10 Å². The van der Waals surface area contributed by atoms with Crippen LogP contribution in [0, 0.1) is 0 Å². The third-order valence-electron chi connectivity index (χ3n) is 5.37. The molecule has 2 atom stereocenters. The number of unbranched alkanes of at least 4 members (excludes halogenated alkanes) is 12. The normalized spacial score (nSPS) is 13.5. The van der Waals surface area contributed by atoms with Crippen molar-refractivity contribution < 1.29 is 24.5 Å². The van der Waals surface area contributed by atoms with E-state index in [2.05, 4.69) is 13.8 Å². The van der Waals surface area contributed by atoms with Gasteiger partial charge in [0.2, 0.25) is 0 Å². The van der Waals surface area contributed by atoms with Gasteiger partial charge >= 0.3 is 5.97 Å². The van der Waals surface area contributed by atoms with Gasteiger partial charge in [-0.15, -0.1) is 0 Å². The van der Waals surface area contributed by atoms with Crippen molar-refractivity contribution in [2.45, 2.75) is 129 Å². The van der Waals surface area contributed by atoms with E-state index in [1.807, 2.05) is 0 Å². The highest BCUT2D eigenvalue weighted by Crippen LogP contribution is 2.14. The van der Waals surface area contributed by atoms with E-state index in [-0.39, 0.29) is 25.2 Å². The Morgan fingerprint density at radius 1 is 0.793 bits per heavy atom. The second-order valence-electron chi connectivity index (χ2n) is 8.35. The quantitative estimate of drug-likeness (QED) is 0.196. The molecule has 0 spiro atoms. The van der Waals surface area contributed by atoms with Crippen molar-refractivity contribution in [1.29, 1.82) is 0 Å². The molecule has 0 saturated carbocycles. The van der Waals surface area contributed by atoms with Crippen LogP contribution in [-0.4, -0.2) is 48.2 Å². The van der Waals surface area contributed by atoms with Crippen molar-refractivity contribution in [2.24, 2.45) is 0 Å². The first-order valence-electron chi connectivity index (χ1n) is 12.2. The van der Waals surface area contributed by atoms with E-state index >= 15 is 0 Å². The Balaban J connectivity index is 3.42. The lowest BCUT2D eigenvalue weighted by molar-refractivity contribution is -0.137. The Morgan fingerprint density at radius 3 is 1.86 bits per heavy atom. The molecular formula is C24H48O5. The highest BCUT2D eigenvalue weighted by Gasteiger charge is 2.11. The van der Waals surface area contributed by atoms with E-state index in [0.29, 0.717) is 26.1 Å². The average molecular weight is 417 g/mol. The third-order valence-corrected chi connectivity index (χ3v) is 5.37. The molecule has 0 heterocycles.